The zero-order chi connectivity index (χ0) is 13.1. The number of anilines is 1. The topological polar surface area (TPSA) is 79.3 Å². The van der Waals surface area contributed by atoms with Crippen LogP contribution in [0.15, 0.2) is 22.7 Å². The van der Waals surface area contributed by atoms with E-state index in [1.165, 1.54) is 11.3 Å². The summed E-state index contributed by atoms with van der Waals surface area (Å²) in [5, 5.41) is 14.5. The molecule has 0 saturated carbocycles. The molecule has 1 aromatic heterocycles. The maximum atomic E-state index is 12.0. The predicted molar refractivity (Wildman–Crippen MR) is 68.5 cm³/mol. The van der Waals surface area contributed by atoms with Crippen LogP contribution in [0, 0.1) is 11.8 Å². The van der Waals surface area contributed by atoms with Crippen molar-refractivity contribution < 1.29 is 14.7 Å². The van der Waals surface area contributed by atoms with Crippen molar-refractivity contribution in [2.75, 3.05) is 5.32 Å². The fraction of sp³-hybridized carbons (Fsp3) is 0.364. The summed E-state index contributed by atoms with van der Waals surface area (Å²) in [5.74, 6) is -2.70. The summed E-state index contributed by atoms with van der Waals surface area (Å²) in [6.45, 7) is 0. The first kappa shape index (κ1) is 13.0. The van der Waals surface area contributed by atoms with Gasteiger partial charge in [0.2, 0.25) is 5.91 Å². The Morgan fingerprint density at radius 3 is 2.89 bits per heavy atom. The van der Waals surface area contributed by atoms with Crippen LogP contribution in [0.1, 0.15) is 12.8 Å². The lowest BCUT2D eigenvalue weighted by atomic mass is 9.82. The van der Waals surface area contributed by atoms with Crippen LogP contribution in [-0.4, -0.2) is 22.0 Å². The number of hydrogen-bond donors (Lipinski definition) is 2. The van der Waals surface area contributed by atoms with Crippen molar-refractivity contribution in [1.29, 1.82) is 0 Å². The zero-order valence-corrected chi connectivity index (χ0v) is 10.9. The molecule has 0 aliphatic heterocycles. The van der Waals surface area contributed by atoms with E-state index in [1.807, 2.05) is 0 Å². The molecule has 0 aromatic carbocycles. The van der Waals surface area contributed by atoms with Gasteiger partial charge in [0.25, 0.3) is 0 Å². The Morgan fingerprint density at radius 1 is 1.50 bits per heavy atom. The zero-order valence-electron chi connectivity index (χ0n) is 9.30. The number of allylic oxidation sites excluding steroid dienone is 2. The number of carbonyl (C=O) groups excluding carboxylic acids is 1. The molecule has 1 aromatic rings. The van der Waals surface area contributed by atoms with Crippen LogP contribution in [-0.2, 0) is 9.59 Å². The number of carboxylic acids is 1. The molecule has 0 radical (unpaired) electrons. The van der Waals surface area contributed by atoms with E-state index in [1.54, 1.807) is 17.7 Å². The number of carbonyl (C=O) groups is 2. The molecule has 2 N–H and O–H groups in total. The third kappa shape index (κ3) is 2.88. The number of rotatable bonds is 3. The predicted octanol–water partition coefficient (Wildman–Crippen LogP) is 2.32. The molecule has 2 atom stereocenters. The Morgan fingerprint density at radius 2 is 2.28 bits per heavy atom. The first-order chi connectivity index (χ1) is 8.58. The van der Waals surface area contributed by atoms with E-state index in [-0.39, 0.29) is 18.7 Å². The van der Waals surface area contributed by atoms with Crippen molar-refractivity contribution in [2.24, 2.45) is 11.8 Å². The normalized spacial score (nSPS) is 23.3. The molecule has 1 aliphatic rings. The maximum Gasteiger partial charge on any atom is 0.307 e. The van der Waals surface area contributed by atoms with Gasteiger partial charge in [-0.3, -0.25) is 9.59 Å². The molecule has 7 heteroatoms. The third-order valence-electron chi connectivity index (χ3n) is 2.81. The highest BCUT2D eigenvalue weighted by Crippen LogP contribution is 2.32. The average molecular weight is 287 g/mol. The fourth-order valence-corrected chi connectivity index (χ4v) is 2.67. The molecule has 0 spiro atoms. The van der Waals surface area contributed by atoms with Gasteiger partial charge in [-0.2, -0.15) is 0 Å². The summed E-state index contributed by atoms with van der Waals surface area (Å²) < 4.78 is 0. The van der Waals surface area contributed by atoms with Crippen LogP contribution in [0.5, 0.6) is 0 Å². The summed E-state index contributed by atoms with van der Waals surface area (Å²) >= 11 is 7.17. The minimum absolute atomic E-state index is 0.260. The first-order valence-electron chi connectivity index (χ1n) is 5.35. The Kier molecular flexibility index (Phi) is 3.98. The lowest BCUT2D eigenvalue weighted by Crippen LogP contribution is -2.35. The molecule has 0 bridgehead atoms. The van der Waals surface area contributed by atoms with E-state index < -0.39 is 17.8 Å². The summed E-state index contributed by atoms with van der Waals surface area (Å²) in [6.07, 6.45) is 3.77. The van der Waals surface area contributed by atoms with Crippen LogP contribution >= 0.6 is 22.9 Å². The van der Waals surface area contributed by atoms with Gasteiger partial charge in [0.15, 0.2) is 5.13 Å². The van der Waals surface area contributed by atoms with E-state index >= 15 is 0 Å². The third-order valence-corrected chi connectivity index (χ3v) is 3.81. The van der Waals surface area contributed by atoms with Crippen molar-refractivity contribution in [1.82, 2.24) is 4.98 Å². The number of aromatic nitrogens is 1. The van der Waals surface area contributed by atoms with Crippen molar-refractivity contribution in [2.45, 2.75) is 12.8 Å². The van der Waals surface area contributed by atoms with E-state index in [4.69, 9.17) is 16.7 Å². The highest BCUT2D eigenvalue weighted by molar-refractivity contribution is 7.13. The number of hydrogen-bond acceptors (Lipinski definition) is 4. The summed E-state index contributed by atoms with van der Waals surface area (Å²) in [5.41, 5.74) is 0. The standard InChI is InChI=1S/C11H11ClN2O3S/c12-6-1-2-7(10(16)17)8(5-6)9(15)14-11-13-3-4-18-11/h1,3-4,7-8H,2,5H2,(H,16,17)(H,13,14,15)/t7-,8-/m0/s1. The fourth-order valence-electron chi connectivity index (χ4n) is 1.89. The van der Waals surface area contributed by atoms with Gasteiger partial charge in [0.05, 0.1) is 11.8 Å². The molecule has 0 unspecified atom stereocenters. The Hall–Kier alpha value is -1.40. The maximum absolute atomic E-state index is 12.0. The monoisotopic (exact) mass is 286 g/mol. The molecule has 2 rings (SSSR count). The number of nitrogens with one attached hydrogen (secondary N) is 1. The largest absolute Gasteiger partial charge is 0.481 e. The second kappa shape index (κ2) is 5.49. The van der Waals surface area contributed by atoms with Crippen molar-refractivity contribution in [3.63, 3.8) is 0 Å². The van der Waals surface area contributed by atoms with E-state index in [2.05, 4.69) is 10.3 Å². The van der Waals surface area contributed by atoms with Crippen LogP contribution < -0.4 is 5.32 Å². The molecule has 0 saturated heterocycles. The van der Waals surface area contributed by atoms with Gasteiger partial charge in [0.1, 0.15) is 0 Å². The Labute approximate surface area is 112 Å². The number of aliphatic carboxylic acids is 1. The van der Waals surface area contributed by atoms with Crippen molar-refractivity contribution in [3.8, 4) is 0 Å². The number of nitrogens with zero attached hydrogens (tertiary/aromatic N) is 1. The van der Waals surface area contributed by atoms with Crippen LogP contribution in [0.4, 0.5) is 5.13 Å². The molecule has 96 valence electrons. The number of thiazole rings is 1. The summed E-state index contributed by atoms with van der Waals surface area (Å²) in [7, 11) is 0. The van der Waals surface area contributed by atoms with Crippen LogP contribution in [0.3, 0.4) is 0 Å². The quantitative estimate of drug-likeness (QED) is 0.894. The van der Waals surface area contributed by atoms with E-state index in [9.17, 15) is 9.59 Å². The van der Waals surface area contributed by atoms with Gasteiger partial charge in [-0.05, 0) is 12.8 Å². The molecular formula is C11H11ClN2O3S. The SMILES string of the molecule is O=C(O)[C@H]1CC=C(Cl)C[C@@H]1C(=O)Nc1nccs1. The van der Waals surface area contributed by atoms with Crippen LogP contribution in [0.25, 0.3) is 0 Å². The molecule has 18 heavy (non-hydrogen) atoms. The van der Waals surface area contributed by atoms with Crippen LogP contribution in [0.2, 0.25) is 0 Å². The Bertz CT molecular complexity index is 486. The summed E-state index contributed by atoms with van der Waals surface area (Å²) in [4.78, 5) is 27.1. The second-order valence-electron chi connectivity index (χ2n) is 3.97. The minimum Gasteiger partial charge on any atom is -0.481 e. The van der Waals surface area contributed by atoms with Gasteiger partial charge < -0.3 is 10.4 Å². The summed E-state index contributed by atoms with van der Waals surface area (Å²) in [6, 6.07) is 0. The molecular weight excluding hydrogens is 276 g/mol. The van der Waals surface area contributed by atoms with E-state index in [0.717, 1.165) is 0 Å². The van der Waals surface area contributed by atoms with Gasteiger partial charge in [-0.1, -0.05) is 17.7 Å². The minimum atomic E-state index is -0.977. The molecule has 5 nitrogen and oxygen atoms in total. The lowest BCUT2D eigenvalue weighted by Gasteiger charge is -2.25. The van der Waals surface area contributed by atoms with E-state index in [0.29, 0.717) is 10.2 Å². The lowest BCUT2D eigenvalue weighted by molar-refractivity contribution is -0.146. The first-order valence-corrected chi connectivity index (χ1v) is 6.61. The van der Waals surface area contributed by atoms with Crippen molar-refractivity contribution >= 4 is 39.9 Å². The molecule has 1 aliphatic carbocycles. The molecule has 0 fully saturated rings. The molecule has 1 heterocycles. The highest BCUT2D eigenvalue weighted by atomic mass is 35.5. The number of amides is 1. The van der Waals surface area contributed by atoms with Gasteiger partial charge >= 0.3 is 5.97 Å². The highest BCUT2D eigenvalue weighted by Gasteiger charge is 2.36. The van der Waals surface area contributed by atoms with Crippen molar-refractivity contribution in [3.05, 3.63) is 22.7 Å². The Balaban J connectivity index is 2.11. The second-order valence-corrected chi connectivity index (χ2v) is 5.35. The number of carboxylic acid groups (broad SMARTS) is 1. The van der Waals surface area contributed by atoms with Gasteiger partial charge in [-0.25, -0.2) is 4.98 Å². The van der Waals surface area contributed by atoms with Gasteiger partial charge in [0, 0.05) is 16.6 Å². The number of halogens is 1. The smallest absolute Gasteiger partial charge is 0.307 e. The van der Waals surface area contributed by atoms with Gasteiger partial charge in [-0.15, -0.1) is 11.3 Å². The average Bonchev–Trinajstić information content (AvgIpc) is 2.81. The molecule has 1 amide bonds.